The van der Waals surface area contributed by atoms with Gasteiger partial charge in [-0.2, -0.15) is 0 Å². The Morgan fingerprint density at radius 3 is 2.62 bits per heavy atom. The van der Waals surface area contributed by atoms with Gasteiger partial charge < -0.3 is 4.98 Å². The van der Waals surface area contributed by atoms with Crippen molar-refractivity contribution in [3.8, 4) is 0 Å². The number of amides is 1. The summed E-state index contributed by atoms with van der Waals surface area (Å²) in [7, 11) is -3.89. The lowest BCUT2D eigenvalue weighted by Gasteiger charge is -2.04. The number of hydrogen-bond donors (Lipinski definition) is 3. The smallest absolute Gasteiger partial charge is 0.263 e. The Morgan fingerprint density at radius 2 is 1.86 bits per heavy atom. The first kappa shape index (κ1) is 19.0. The minimum Gasteiger partial charge on any atom is -0.324 e. The molecule has 0 saturated heterocycles. The number of anilines is 2. The molecule has 0 spiro atoms. The molecular weight excluding hydrogens is 417 g/mol. The molecule has 8 nitrogen and oxygen atoms in total. The number of carbonyl (C=O) groups excluding carboxylic acids is 1. The molecule has 0 aliphatic rings. The van der Waals surface area contributed by atoms with Crippen LogP contribution in [0.3, 0.4) is 0 Å². The summed E-state index contributed by atoms with van der Waals surface area (Å²) in [4.78, 5) is 23.5. The first-order valence-electron chi connectivity index (χ1n) is 8.36. The number of aromatic nitrogens is 3. The third-order valence-electron chi connectivity index (χ3n) is 3.89. The van der Waals surface area contributed by atoms with Gasteiger partial charge in [-0.3, -0.25) is 14.8 Å². The van der Waals surface area contributed by atoms with Gasteiger partial charge in [0.25, 0.3) is 10.0 Å². The van der Waals surface area contributed by atoms with Crippen LogP contribution in [0.25, 0.3) is 11.0 Å². The predicted octanol–water partition coefficient (Wildman–Crippen LogP) is 3.14. The van der Waals surface area contributed by atoms with Crippen molar-refractivity contribution in [2.24, 2.45) is 0 Å². The van der Waals surface area contributed by atoms with Gasteiger partial charge in [0.1, 0.15) is 5.82 Å². The molecule has 1 amide bonds. The molecule has 3 N–H and O–H groups in total. The molecule has 0 bridgehead atoms. The molecular formula is C18H14FN5O3S2. The monoisotopic (exact) mass is 431 g/mol. The molecule has 0 atom stereocenters. The van der Waals surface area contributed by atoms with Crippen molar-refractivity contribution in [1.82, 2.24) is 15.0 Å². The van der Waals surface area contributed by atoms with E-state index in [1.807, 2.05) is 24.3 Å². The molecule has 0 aliphatic carbocycles. The normalized spacial score (nSPS) is 11.5. The minimum absolute atomic E-state index is 0.0498. The molecule has 0 unspecified atom stereocenters. The van der Waals surface area contributed by atoms with Gasteiger partial charge in [-0.25, -0.2) is 22.8 Å². The summed E-state index contributed by atoms with van der Waals surface area (Å²) in [5.41, 5.74) is 1.93. The fourth-order valence-corrected chi connectivity index (χ4v) is 4.54. The summed E-state index contributed by atoms with van der Waals surface area (Å²) in [6.07, 6.45) is -0.0498. The second-order valence-corrected chi connectivity index (χ2v) is 8.57. The first-order valence-corrected chi connectivity index (χ1v) is 10.7. The summed E-state index contributed by atoms with van der Waals surface area (Å²) in [5, 5.41) is 4.35. The van der Waals surface area contributed by atoms with Crippen LogP contribution in [0.1, 0.15) is 5.69 Å². The van der Waals surface area contributed by atoms with Crippen molar-refractivity contribution < 1.29 is 17.6 Å². The SMILES string of the molecule is O=C(Cc1csc(NS(=O)(=O)c2ccc(F)cc2)n1)Nc1nc2ccccc2[nH]1. The van der Waals surface area contributed by atoms with Gasteiger partial charge in [-0.05, 0) is 36.4 Å². The maximum Gasteiger partial charge on any atom is 0.263 e. The summed E-state index contributed by atoms with van der Waals surface area (Å²) < 4.78 is 39.9. The van der Waals surface area contributed by atoms with E-state index in [1.165, 1.54) is 0 Å². The van der Waals surface area contributed by atoms with E-state index >= 15 is 0 Å². The summed E-state index contributed by atoms with van der Waals surface area (Å²) >= 11 is 1.05. The molecule has 2 heterocycles. The van der Waals surface area contributed by atoms with Crippen molar-refractivity contribution >= 4 is 49.4 Å². The number of para-hydroxylation sites is 2. The molecule has 4 aromatic rings. The highest BCUT2D eigenvalue weighted by Crippen LogP contribution is 2.21. The third kappa shape index (κ3) is 4.41. The van der Waals surface area contributed by atoms with Crippen molar-refractivity contribution in [2.75, 3.05) is 10.0 Å². The van der Waals surface area contributed by atoms with Gasteiger partial charge in [-0.15, -0.1) is 11.3 Å². The Kier molecular flexibility index (Phi) is 4.99. The highest BCUT2D eigenvalue weighted by molar-refractivity contribution is 7.93. The molecule has 2 aromatic carbocycles. The number of aromatic amines is 1. The molecule has 0 aliphatic heterocycles. The number of imidazole rings is 1. The van der Waals surface area contributed by atoms with Gasteiger partial charge in [0.05, 0.1) is 28.0 Å². The number of carbonyl (C=O) groups is 1. The lowest BCUT2D eigenvalue weighted by Crippen LogP contribution is -2.16. The number of nitrogens with one attached hydrogen (secondary N) is 3. The van der Waals surface area contributed by atoms with E-state index in [1.54, 1.807) is 5.38 Å². The average molecular weight is 431 g/mol. The molecule has 0 fully saturated rings. The number of H-pyrrole nitrogens is 1. The third-order valence-corrected chi connectivity index (χ3v) is 6.18. The van der Waals surface area contributed by atoms with E-state index in [0.717, 1.165) is 46.6 Å². The van der Waals surface area contributed by atoms with E-state index in [-0.39, 0.29) is 22.4 Å². The highest BCUT2D eigenvalue weighted by Gasteiger charge is 2.17. The number of nitrogens with zero attached hydrogens (tertiary/aromatic N) is 2. The number of fused-ring (bicyclic) bond motifs is 1. The quantitative estimate of drug-likeness (QED) is 0.434. The number of rotatable bonds is 6. The maximum atomic E-state index is 13.0. The zero-order chi connectivity index (χ0) is 20.4. The first-order chi connectivity index (χ1) is 13.9. The molecule has 29 heavy (non-hydrogen) atoms. The van der Waals surface area contributed by atoms with Gasteiger partial charge in [-0.1, -0.05) is 12.1 Å². The maximum absolute atomic E-state index is 13.0. The average Bonchev–Trinajstić information content (AvgIpc) is 3.27. The standard InChI is InChI=1S/C18H14FN5O3S2/c19-11-5-7-13(8-6-11)29(26,27)24-18-20-12(10-28-18)9-16(25)23-17-21-14-3-1-2-4-15(14)22-17/h1-8,10H,9H2,(H,20,24)(H2,21,22,23,25). The largest absolute Gasteiger partial charge is 0.324 e. The second-order valence-electron chi connectivity index (χ2n) is 6.03. The number of sulfonamides is 1. The lowest BCUT2D eigenvalue weighted by molar-refractivity contribution is -0.115. The Balaban J connectivity index is 1.40. The molecule has 0 radical (unpaired) electrons. The van der Waals surface area contributed by atoms with Crippen molar-refractivity contribution in [3.63, 3.8) is 0 Å². The van der Waals surface area contributed by atoms with E-state index in [0.29, 0.717) is 11.6 Å². The molecule has 11 heteroatoms. The van der Waals surface area contributed by atoms with Crippen LogP contribution in [0.4, 0.5) is 15.5 Å². The Bertz CT molecular complexity index is 1250. The van der Waals surface area contributed by atoms with Crippen LogP contribution in [0.15, 0.2) is 58.8 Å². The van der Waals surface area contributed by atoms with E-state index in [2.05, 4.69) is 25.0 Å². The minimum atomic E-state index is -3.89. The zero-order valence-electron chi connectivity index (χ0n) is 14.7. The van der Waals surface area contributed by atoms with Crippen LogP contribution < -0.4 is 10.0 Å². The number of thiazole rings is 1. The van der Waals surface area contributed by atoms with Crippen LogP contribution in [0.5, 0.6) is 0 Å². The predicted molar refractivity (Wildman–Crippen MR) is 108 cm³/mol. The molecule has 2 aromatic heterocycles. The van der Waals surface area contributed by atoms with Crippen molar-refractivity contribution in [3.05, 3.63) is 65.4 Å². The molecule has 0 saturated carbocycles. The Morgan fingerprint density at radius 1 is 1.10 bits per heavy atom. The Hall–Kier alpha value is -3.31. The number of halogens is 1. The van der Waals surface area contributed by atoms with Gasteiger partial charge >= 0.3 is 0 Å². The van der Waals surface area contributed by atoms with Gasteiger partial charge in [0, 0.05) is 5.38 Å². The van der Waals surface area contributed by atoms with Crippen molar-refractivity contribution in [1.29, 1.82) is 0 Å². The van der Waals surface area contributed by atoms with E-state index < -0.39 is 15.8 Å². The summed E-state index contributed by atoms with van der Waals surface area (Å²) in [6.45, 7) is 0. The van der Waals surface area contributed by atoms with Crippen LogP contribution in [-0.2, 0) is 21.2 Å². The fraction of sp³-hybridized carbons (Fsp3) is 0.0556. The van der Waals surface area contributed by atoms with Gasteiger partial charge in [0.15, 0.2) is 5.13 Å². The highest BCUT2D eigenvalue weighted by atomic mass is 32.2. The van der Waals surface area contributed by atoms with E-state index in [4.69, 9.17) is 0 Å². The summed E-state index contributed by atoms with van der Waals surface area (Å²) in [5.74, 6) is -0.554. The fourth-order valence-electron chi connectivity index (χ4n) is 2.58. The number of benzene rings is 2. The van der Waals surface area contributed by atoms with Gasteiger partial charge in [0.2, 0.25) is 11.9 Å². The zero-order valence-corrected chi connectivity index (χ0v) is 16.3. The van der Waals surface area contributed by atoms with E-state index in [9.17, 15) is 17.6 Å². The van der Waals surface area contributed by atoms with Crippen LogP contribution in [0.2, 0.25) is 0 Å². The molecule has 4 rings (SSSR count). The topological polar surface area (TPSA) is 117 Å². The second kappa shape index (κ2) is 7.60. The molecule has 148 valence electrons. The summed E-state index contributed by atoms with van der Waals surface area (Å²) in [6, 6.07) is 11.8. The number of hydrogen-bond acceptors (Lipinski definition) is 6. The van der Waals surface area contributed by atoms with Crippen LogP contribution in [0, 0.1) is 5.82 Å². The lowest BCUT2D eigenvalue weighted by atomic mass is 10.3. The Labute approximate surface area is 168 Å². The van der Waals surface area contributed by atoms with Crippen LogP contribution in [-0.4, -0.2) is 29.3 Å². The van der Waals surface area contributed by atoms with Crippen molar-refractivity contribution in [2.45, 2.75) is 11.3 Å². The van der Waals surface area contributed by atoms with Crippen LogP contribution >= 0.6 is 11.3 Å².